The van der Waals surface area contributed by atoms with Gasteiger partial charge in [0, 0.05) is 31.5 Å². The second kappa shape index (κ2) is 7.93. The van der Waals surface area contributed by atoms with Crippen LogP contribution in [-0.4, -0.2) is 40.4 Å². The molecule has 2 atom stereocenters. The van der Waals surface area contributed by atoms with Crippen molar-refractivity contribution in [1.29, 1.82) is 0 Å². The van der Waals surface area contributed by atoms with Crippen molar-refractivity contribution in [3.05, 3.63) is 18.5 Å². The summed E-state index contributed by atoms with van der Waals surface area (Å²) in [5.41, 5.74) is 5.91. The summed E-state index contributed by atoms with van der Waals surface area (Å²) in [7, 11) is 0. The van der Waals surface area contributed by atoms with E-state index >= 15 is 0 Å². The predicted octanol–water partition coefficient (Wildman–Crippen LogP) is 1.40. The highest BCUT2D eigenvalue weighted by atomic mass is 35.5. The van der Waals surface area contributed by atoms with E-state index in [4.69, 9.17) is 5.73 Å². The van der Waals surface area contributed by atoms with E-state index in [-0.39, 0.29) is 24.8 Å². The molecule has 0 radical (unpaired) electrons. The van der Waals surface area contributed by atoms with Crippen LogP contribution in [-0.2, 0) is 6.54 Å². The molecule has 4 nitrogen and oxygen atoms in total. The van der Waals surface area contributed by atoms with Crippen LogP contribution in [0.5, 0.6) is 0 Å². The molecule has 1 aromatic rings. The van der Waals surface area contributed by atoms with Crippen molar-refractivity contribution in [2.24, 2.45) is 11.7 Å². The Balaban J connectivity index is 0.00000128. The summed E-state index contributed by atoms with van der Waals surface area (Å²) in [6.07, 6.45) is 5.09. The first kappa shape index (κ1) is 16.7. The first-order valence-corrected chi connectivity index (χ1v) is 5.71. The monoisotopic (exact) mass is 280 g/mol. The third kappa shape index (κ3) is 4.84. The summed E-state index contributed by atoms with van der Waals surface area (Å²) in [6.45, 7) is 6.53. The lowest BCUT2D eigenvalue weighted by Gasteiger charge is -2.17. The number of nitrogens with two attached hydrogens (primary N) is 1. The summed E-state index contributed by atoms with van der Waals surface area (Å²) in [5, 5.41) is 4.20. The van der Waals surface area contributed by atoms with Gasteiger partial charge < -0.3 is 10.6 Å². The number of hydrogen-bond donors (Lipinski definition) is 1. The number of hydrogen-bond acceptors (Lipinski definition) is 3. The van der Waals surface area contributed by atoms with E-state index in [2.05, 4.69) is 16.9 Å². The molecule has 2 rings (SSSR count). The Hall–Kier alpha value is -0.290. The van der Waals surface area contributed by atoms with E-state index in [1.54, 1.807) is 0 Å². The molecule has 0 aromatic carbocycles. The van der Waals surface area contributed by atoms with Crippen LogP contribution in [0.4, 0.5) is 0 Å². The SMILES string of the molecule is CC(N)C1CCN(CCn2cccn2)C1.Cl.Cl. The normalized spacial score (nSPS) is 21.6. The van der Waals surface area contributed by atoms with Crippen molar-refractivity contribution in [2.45, 2.75) is 25.9 Å². The number of rotatable bonds is 4. The van der Waals surface area contributed by atoms with Gasteiger partial charge in [-0.2, -0.15) is 5.10 Å². The van der Waals surface area contributed by atoms with Gasteiger partial charge in [0.05, 0.1) is 6.54 Å². The molecule has 2 unspecified atom stereocenters. The van der Waals surface area contributed by atoms with Gasteiger partial charge in [0.25, 0.3) is 0 Å². The zero-order chi connectivity index (χ0) is 10.7. The fourth-order valence-electron chi connectivity index (χ4n) is 2.17. The largest absolute Gasteiger partial charge is 0.328 e. The van der Waals surface area contributed by atoms with E-state index in [0.29, 0.717) is 12.0 Å². The van der Waals surface area contributed by atoms with Crippen LogP contribution in [0.1, 0.15) is 13.3 Å². The molecule has 17 heavy (non-hydrogen) atoms. The van der Waals surface area contributed by atoms with Crippen LogP contribution in [0, 0.1) is 5.92 Å². The molecule has 100 valence electrons. The lowest BCUT2D eigenvalue weighted by molar-refractivity contribution is 0.297. The lowest BCUT2D eigenvalue weighted by Crippen LogP contribution is -2.31. The average molecular weight is 281 g/mol. The summed E-state index contributed by atoms with van der Waals surface area (Å²) < 4.78 is 1.99. The Morgan fingerprint density at radius 1 is 1.41 bits per heavy atom. The van der Waals surface area contributed by atoms with Gasteiger partial charge in [-0.25, -0.2) is 0 Å². The van der Waals surface area contributed by atoms with Gasteiger partial charge in [-0.05, 0) is 31.9 Å². The van der Waals surface area contributed by atoms with Crippen LogP contribution in [0.15, 0.2) is 18.5 Å². The molecular weight excluding hydrogens is 259 g/mol. The third-order valence-corrected chi connectivity index (χ3v) is 3.26. The maximum Gasteiger partial charge on any atom is 0.0536 e. The summed E-state index contributed by atoms with van der Waals surface area (Å²) in [6, 6.07) is 2.30. The maximum atomic E-state index is 5.91. The fourth-order valence-corrected chi connectivity index (χ4v) is 2.17. The molecule has 0 amide bonds. The van der Waals surface area contributed by atoms with Crippen LogP contribution in [0.2, 0.25) is 0 Å². The van der Waals surface area contributed by atoms with Gasteiger partial charge in [0.15, 0.2) is 0 Å². The van der Waals surface area contributed by atoms with Crippen LogP contribution < -0.4 is 5.73 Å². The van der Waals surface area contributed by atoms with Crippen molar-refractivity contribution in [3.8, 4) is 0 Å². The van der Waals surface area contributed by atoms with Crippen molar-refractivity contribution < 1.29 is 0 Å². The quantitative estimate of drug-likeness (QED) is 0.907. The van der Waals surface area contributed by atoms with E-state index in [1.165, 1.54) is 13.0 Å². The molecule has 2 heterocycles. The van der Waals surface area contributed by atoms with Crippen molar-refractivity contribution >= 4 is 24.8 Å². The van der Waals surface area contributed by atoms with Crippen molar-refractivity contribution in [3.63, 3.8) is 0 Å². The molecule has 1 aromatic heterocycles. The maximum absolute atomic E-state index is 5.91. The molecule has 0 aliphatic carbocycles. The second-order valence-electron chi connectivity index (χ2n) is 4.48. The minimum absolute atomic E-state index is 0. The molecule has 0 bridgehead atoms. The molecule has 1 aliphatic heterocycles. The lowest BCUT2D eigenvalue weighted by atomic mass is 10.0. The highest BCUT2D eigenvalue weighted by molar-refractivity contribution is 5.85. The first-order valence-electron chi connectivity index (χ1n) is 5.71. The summed E-state index contributed by atoms with van der Waals surface area (Å²) in [4.78, 5) is 2.48. The summed E-state index contributed by atoms with van der Waals surface area (Å²) in [5.74, 6) is 0.683. The molecule has 0 spiro atoms. The zero-order valence-corrected chi connectivity index (χ0v) is 11.8. The van der Waals surface area contributed by atoms with Gasteiger partial charge in [-0.3, -0.25) is 4.68 Å². The first-order chi connectivity index (χ1) is 7.25. The number of aromatic nitrogens is 2. The predicted molar refractivity (Wildman–Crippen MR) is 74.9 cm³/mol. The minimum Gasteiger partial charge on any atom is -0.328 e. The van der Waals surface area contributed by atoms with E-state index < -0.39 is 0 Å². The standard InChI is InChI=1S/C11H20N4.2ClH/c1-10(12)11-3-6-14(9-11)7-8-15-5-2-4-13-15;;/h2,4-5,10-11H,3,6-9,12H2,1H3;2*1H. The van der Waals surface area contributed by atoms with E-state index in [1.807, 2.05) is 23.1 Å². The molecule has 1 saturated heterocycles. The van der Waals surface area contributed by atoms with Crippen molar-refractivity contribution in [1.82, 2.24) is 14.7 Å². The van der Waals surface area contributed by atoms with Gasteiger partial charge in [0.1, 0.15) is 0 Å². The Kier molecular flexibility index (Phi) is 7.79. The van der Waals surface area contributed by atoms with Crippen LogP contribution in [0.3, 0.4) is 0 Å². The van der Waals surface area contributed by atoms with E-state index in [0.717, 1.165) is 19.6 Å². The smallest absolute Gasteiger partial charge is 0.0536 e. The highest BCUT2D eigenvalue weighted by Gasteiger charge is 2.24. The van der Waals surface area contributed by atoms with Gasteiger partial charge >= 0.3 is 0 Å². The third-order valence-electron chi connectivity index (χ3n) is 3.26. The molecule has 1 fully saturated rings. The Bertz CT molecular complexity index is 290. The van der Waals surface area contributed by atoms with Crippen molar-refractivity contribution in [2.75, 3.05) is 19.6 Å². The second-order valence-corrected chi connectivity index (χ2v) is 4.48. The number of likely N-dealkylation sites (tertiary alicyclic amines) is 1. The highest BCUT2D eigenvalue weighted by Crippen LogP contribution is 2.18. The number of nitrogens with zero attached hydrogens (tertiary/aromatic N) is 3. The zero-order valence-electron chi connectivity index (χ0n) is 10.2. The Labute approximate surface area is 115 Å². The van der Waals surface area contributed by atoms with Crippen LogP contribution in [0.25, 0.3) is 0 Å². The minimum atomic E-state index is 0. The molecule has 6 heteroatoms. The fraction of sp³-hybridized carbons (Fsp3) is 0.727. The van der Waals surface area contributed by atoms with Gasteiger partial charge in [-0.1, -0.05) is 0 Å². The Morgan fingerprint density at radius 3 is 2.71 bits per heavy atom. The van der Waals surface area contributed by atoms with Gasteiger partial charge in [-0.15, -0.1) is 24.8 Å². The molecule has 0 saturated carbocycles. The van der Waals surface area contributed by atoms with E-state index in [9.17, 15) is 0 Å². The Morgan fingerprint density at radius 2 is 2.18 bits per heavy atom. The molecule has 2 N–H and O–H groups in total. The molecule has 1 aliphatic rings. The molecular formula is C11H22Cl2N4. The van der Waals surface area contributed by atoms with Crippen LogP contribution >= 0.6 is 24.8 Å². The average Bonchev–Trinajstić information content (AvgIpc) is 2.86. The topological polar surface area (TPSA) is 47.1 Å². The summed E-state index contributed by atoms with van der Waals surface area (Å²) >= 11 is 0. The van der Waals surface area contributed by atoms with Gasteiger partial charge in [0.2, 0.25) is 0 Å². The number of halogens is 2.